The summed E-state index contributed by atoms with van der Waals surface area (Å²) >= 11 is 0. The molecule has 1 saturated heterocycles. The Balaban J connectivity index is 2.28. The number of hydrogen-bond acceptors (Lipinski definition) is 5. The first-order valence-electron chi connectivity index (χ1n) is 9.34. The second-order valence-electron chi connectivity index (χ2n) is 8.33. The molecule has 0 unspecified atom stereocenters. The van der Waals surface area contributed by atoms with Gasteiger partial charge in [-0.3, -0.25) is 9.69 Å². The van der Waals surface area contributed by atoms with Crippen LogP contribution >= 0.6 is 0 Å². The van der Waals surface area contributed by atoms with Crippen LogP contribution in [0, 0.1) is 0 Å². The third-order valence-corrected chi connectivity index (χ3v) is 4.52. The van der Waals surface area contributed by atoms with Gasteiger partial charge < -0.3 is 14.2 Å². The Morgan fingerprint density at radius 2 is 1.81 bits per heavy atom. The molecule has 6 heteroatoms. The SMILES string of the molecule is COC(=O)CC[C@@H]1OC(C)(C)N(C(=O)OC(C)(C)C)[C@H]1Cc1ccccc1. The summed E-state index contributed by atoms with van der Waals surface area (Å²) in [6.45, 7) is 9.24. The van der Waals surface area contributed by atoms with E-state index in [4.69, 9.17) is 14.2 Å². The maximum atomic E-state index is 12.9. The summed E-state index contributed by atoms with van der Waals surface area (Å²) in [5.41, 5.74) is -0.336. The number of ether oxygens (including phenoxy) is 3. The standard InChI is InChI=1S/C21H31NO5/c1-20(2,3)27-19(24)22-16(14-15-10-8-7-9-11-15)17(26-21(22,4)5)12-13-18(23)25-6/h7-11,16-17H,12-14H2,1-6H3/t16-,17-/m0/s1. The molecule has 150 valence electrons. The van der Waals surface area contributed by atoms with Gasteiger partial charge in [0.2, 0.25) is 0 Å². The molecule has 0 aliphatic carbocycles. The number of nitrogens with zero attached hydrogens (tertiary/aromatic N) is 1. The monoisotopic (exact) mass is 377 g/mol. The molecule has 6 nitrogen and oxygen atoms in total. The molecular weight excluding hydrogens is 346 g/mol. The van der Waals surface area contributed by atoms with Gasteiger partial charge >= 0.3 is 12.1 Å². The van der Waals surface area contributed by atoms with E-state index < -0.39 is 17.4 Å². The first-order chi connectivity index (χ1) is 12.5. The summed E-state index contributed by atoms with van der Waals surface area (Å²) < 4.78 is 16.6. The molecule has 0 spiro atoms. The number of rotatable bonds is 5. The Morgan fingerprint density at radius 3 is 2.37 bits per heavy atom. The highest BCUT2D eigenvalue weighted by Gasteiger charge is 2.50. The van der Waals surface area contributed by atoms with Crippen molar-refractivity contribution in [1.82, 2.24) is 4.90 Å². The predicted molar refractivity (Wildman–Crippen MR) is 102 cm³/mol. The molecule has 2 rings (SSSR count). The van der Waals surface area contributed by atoms with Crippen molar-refractivity contribution in [1.29, 1.82) is 0 Å². The molecule has 1 amide bonds. The van der Waals surface area contributed by atoms with Crippen LogP contribution in [-0.4, -0.2) is 47.5 Å². The van der Waals surface area contributed by atoms with Crippen LogP contribution in [-0.2, 0) is 25.4 Å². The quantitative estimate of drug-likeness (QED) is 0.728. The van der Waals surface area contributed by atoms with Gasteiger partial charge in [-0.2, -0.15) is 0 Å². The van der Waals surface area contributed by atoms with Crippen molar-refractivity contribution in [2.75, 3.05) is 7.11 Å². The summed E-state index contributed by atoms with van der Waals surface area (Å²) in [6, 6.07) is 9.71. The van der Waals surface area contributed by atoms with Crippen molar-refractivity contribution in [3.8, 4) is 0 Å². The fourth-order valence-corrected chi connectivity index (χ4v) is 3.43. The summed E-state index contributed by atoms with van der Waals surface area (Å²) in [5.74, 6) is -0.286. The Bertz CT molecular complexity index is 650. The number of benzene rings is 1. The summed E-state index contributed by atoms with van der Waals surface area (Å²) in [6.07, 6.45) is 0.647. The molecule has 0 saturated carbocycles. The summed E-state index contributed by atoms with van der Waals surface area (Å²) in [4.78, 5) is 26.2. The normalized spacial score (nSPS) is 21.8. The van der Waals surface area contributed by atoms with E-state index in [2.05, 4.69) is 0 Å². The molecule has 2 atom stereocenters. The van der Waals surface area contributed by atoms with Gasteiger partial charge in [0.1, 0.15) is 11.3 Å². The molecule has 0 bridgehead atoms. The van der Waals surface area contributed by atoms with Gasteiger partial charge in [0.05, 0.1) is 19.3 Å². The fourth-order valence-electron chi connectivity index (χ4n) is 3.43. The number of carbonyl (C=O) groups is 2. The Hall–Kier alpha value is -2.08. The predicted octanol–water partition coefficient (Wildman–Crippen LogP) is 3.92. The lowest BCUT2D eigenvalue weighted by atomic mass is 9.97. The van der Waals surface area contributed by atoms with Gasteiger partial charge in [0.15, 0.2) is 0 Å². The van der Waals surface area contributed by atoms with Crippen molar-refractivity contribution in [3.63, 3.8) is 0 Å². The van der Waals surface area contributed by atoms with Crippen LogP contribution in [0.2, 0.25) is 0 Å². The third-order valence-electron chi connectivity index (χ3n) is 4.52. The highest BCUT2D eigenvalue weighted by Crippen LogP contribution is 2.37. The first kappa shape index (κ1) is 21.2. The Morgan fingerprint density at radius 1 is 1.19 bits per heavy atom. The molecule has 1 heterocycles. The smallest absolute Gasteiger partial charge is 0.412 e. The van der Waals surface area contributed by atoms with E-state index in [9.17, 15) is 9.59 Å². The average Bonchev–Trinajstić information content (AvgIpc) is 2.82. The first-order valence-corrected chi connectivity index (χ1v) is 9.34. The van der Waals surface area contributed by atoms with Crippen LogP contribution in [0.15, 0.2) is 30.3 Å². The highest BCUT2D eigenvalue weighted by atomic mass is 16.6. The Labute approximate surface area is 161 Å². The molecule has 0 aromatic heterocycles. The largest absolute Gasteiger partial charge is 0.469 e. The second kappa shape index (κ2) is 8.30. The van der Waals surface area contributed by atoms with E-state index in [-0.39, 0.29) is 24.5 Å². The minimum absolute atomic E-state index is 0.234. The zero-order chi connectivity index (χ0) is 20.2. The molecule has 0 N–H and O–H groups in total. The molecule has 27 heavy (non-hydrogen) atoms. The lowest BCUT2D eigenvalue weighted by molar-refractivity contribution is -0.142. The van der Waals surface area contributed by atoms with E-state index in [1.165, 1.54) is 7.11 Å². The van der Waals surface area contributed by atoms with Gasteiger partial charge in [0, 0.05) is 6.42 Å². The van der Waals surface area contributed by atoms with Crippen molar-refractivity contribution in [3.05, 3.63) is 35.9 Å². The summed E-state index contributed by atoms with van der Waals surface area (Å²) in [7, 11) is 1.37. The molecule has 1 aromatic carbocycles. The van der Waals surface area contributed by atoms with Crippen LogP contribution in [0.3, 0.4) is 0 Å². The van der Waals surface area contributed by atoms with E-state index in [1.54, 1.807) is 4.90 Å². The number of esters is 1. The van der Waals surface area contributed by atoms with Crippen LogP contribution in [0.1, 0.15) is 53.0 Å². The topological polar surface area (TPSA) is 65.1 Å². The van der Waals surface area contributed by atoms with Gasteiger partial charge in [-0.05, 0) is 53.0 Å². The minimum atomic E-state index is -0.831. The van der Waals surface area contributed by atoms with E-state index >= 15 is 0 Å². The Kier molecular flexibility index (Phi) is 6.52. The molecule has 1 aromatic rings. The van der Waals surface area contributed by atoms with Crippen LogP contribution in [0.5, 0.6) is 0 Å². The number of amides is 1. The molecule has 1 aliphatic rings. The van der Waals surface area contributed by atoms with E-state index in [0.717, 1.165) is 5.56 Å². The zero-order valence-electron chi connectivity index (χ0n) is 17.2. The van der Waals surface area contributed by atoms with Gasteiger partial charge in [0.25, 0.3) is 0 Å². The maximum Gasteiger partial charge on any atom is 0.412 e. The molecular formula is C21H31NO5. The lowest BCUT2D eigenvalue weighted by Gasteiger charge is -2.35. The lowest BCUT2D eigenvalue weighted by Crippen LogP contribution is -2.51. The number of hydrogen-bond donors (Lipinski definition) is 0. The van der Waals surface area contributed by atoms with E-state index in [1.807, 2.05) is 65.0 Å². The zero-order valence-corrected chi connectivity index (χ0v) is 17.2. The van der Waals surface area contributed by atoms with Crippen LogP contribution in [0.25, 0.3) is 0 Å². The van der Waals surface area contributed by atoms with Crippen LogP contribution < -0.4 is 0 Å². The summed E-state index contributed by atoms with van der Waals surface area (Å²) in [5, 5.41) is 0. The second-order valence-corrected chi connectivity index (χ2v) is 8.33. The molecule has 1 fully saturated rings. The van der Waals surface area contributed by atoms with E-state index in [0.29, 0.717) is 12.8 Å². The van der Waals surface area contributed by atoms with Crippen molar-refractivity contribution in [2.45, 2.75) is 77.4 Å². The average molecular weight is 377 g/mol. The number of methoxy groups -OCH3 is 1. The van der Waals surface area contributed by atoms with Crippen LogP contribution in [0.4, 0.5) is 4.79 Å². The van der Waals surface area contributed by atoms with Gasteiger partial charge in [-0.25, -0.2) is 4.79 Å². The highest BCUT2D eigenvalue weighted by molar-refractivity contribution is 5.70. The number of carbonyl (C=O) groups excluding carboxylic acids is 2. The van der Waals surface area contributed by atoms with Crippen molar-refractivity contribution in [2.24, 2.45) is 0 Å². The van der Waals surface area contributed by atoms with Gasteiger partial charge in [-0.1, -0.05) is 30.3 Å². The third kappa shape index (κ3) is 5.70. The maximum absolute atomic E-state index is 12.9. The fraction of sp³-hybridized carbons (Fsp3) is 0.619. The van der Waals surface area contributed by atoms with Gasteiger partial charge in [-0.15, -0.1) is 0 Å². The molecule has 1 aliphatic heterocycles. The van der Waals surface area contributed by atoms with Crippen molar-refractivity contribution >= 4 is 12.1 Å². The minimum Gasteiger partial charge on any atom is -0.469 e. The molecule has 0 radical (unpaired) electrons. The van der Waals surface area contributed by atoms with Crippen molar-refractivity contribution < 1.29 is 23.8 Å².